The lowest BCUT2D eigenvalue weighted by molar-refractivity contribution is 0.159. The van der Waals surface area contributed by atoms with Crippen molar-refractivity contribution in [1.29, 1.82) is 0 Å². The maximum Gasteiger partial charge on any atom is 0.0828 e. The first-order valence-corrected chi connectivity index (χ1v) is 4.70. The zero-order valence-electron chi connectivity index (χ0n) is 8.35. The van der Waals surface area contributed by atoms with E-state index in [-0.39, 0.29) is 0 Å². The number of aliphatic hydroxyl groups is 2. The molecule has 1 aromatic carbocycles. The maximum atomic E-state index is 9.77. The minimum absolute atomic E-state index is 0.404. The Labute approximate surface area is 84.5 Å². The minimum Gasteiger partial charge on any atom is -0.389 e. The second-order valence-electron chi connectivity index (χ2n) is 3.46. The Balaban J connectivity index is 2.59. The van der Waals surface area contributed by atoms with Crippen LogP contribution >= 0.6 is 0 Å². The van der Waals surface area contributed by atoms with Crippen molar-refractivity contribution in [1.82, 2.24) is 0 Å². The van der Waals surface area contributed by atoms with Gasteiger partial charge < -0.3 is 10.2 Å². The van der Waals surface area contributed by atoms with Crippen molar-refractivity contribution < 1.29 is 10.2 Å². The molecule has 2 heteroatoms. The SMILES string of the molecule is C=C(C[C@@H](O)c1ccccc1)[C@@H](C)O. The van der Waals surface area contributed by atoms with Crippen LogP contribution < -0.4 is 0 Å². The van der Waals surface area contributed by atoms with Crippen LogP contribution in [0.25, 0.3) is 0 Å². The fraction of sp³-hybridized carbons (Fsp3) is 0.333. The molecule has 1 aromatic rings. The normalized spacial score (nSPS) is 14.8. The monoisotopic (exact) mass is 192 g/mol. The van der Waals surface area contributed by atoms with E-state index in [9.17, 15) is 10.2 Å². The molecule has 2 N–H and O–H groups in total. The molecule has 2 atom stereocenters. The van der Waals surface area contributed by atoms with Crippen LogP contribution in [-0.4, -0.2) is 16.3 Å². The van der Waals surface area contributed by atoms with E-state index in [4.69, 9.17) is 0 Å². The highest BCUT2D eigenvalue weighted by Gasteiger charge is 2.11. The van der Waals surface area contributed by atoms with Gasteiger partial charge in [0.25, 0.3) is 0 Å². The Hall–Kier alpha value is -1.12. The smallest absolute Gasteiger partial charge is 0.0828 e. The van der Waals surface area contributed by atoms with Gasteiger partial charge in [0.05, 0.1) is 12.2 Å². The Morgan fingerprint density at radius 2 is 1.86 bits per heavy atom. The van der Waals surface area contributed by atoms with Crippen LogP contribution in [0.1, 0.15) is 25.0 Å². The minimum atomic E-state index is -0.571. The van der Waals surface area contributed by atoms with E-state index in [1.54, 1.807) is 6.92 Å². The van der Waals surface area contributed by atoms with Crippen LogP contribution in [0.3, 0.4) is 0 Å². The summed E-state index contributed by atoms with van der Waals surface area (Å²) in [5, 5.41) is 19.0. The molecule has 0 amide bonds. The van der Waals surface area contributed by atoms with Crippen molar-refractivity contribution in [3.8, 4) is 0 Å². The van der Waals surface area contributed by atoms with Crippen LogP contribution in [0.15, 0.2) is 42.5 Å². The lowest BCUT2D eigenvalue weighted by Crippen LogP contribution is -2.08. The highest BCUT2D eigenvalue weighted by molar-refractivity contribution is 5.19. The molecule has 0 saturated carbocycles. The van der Waals surface area contributed by atoms with Gasteiger partial charge in [0.2, 0.25) is 0 Å². The van der Waals surface area contributed by atoms with E-state index in [1.807, 2.05) is 30.3 Å². The van der Waals surface area contributed by atoms with Gasteiger partial charge in [-0.25, -0.2) is 0 Å². The van der Waals surface area contributed by atoms with Crippen molar-refractivity contribution in [2.45, 2.75) is 25.6 Å². The fourth-order valence-electron chi connectivity index (χ4n) is 1.21. The summed E-state index contributed by atoms with van der Waals surface area (Å²) in [6.07, 6.45) is -0.728. The number of rotatable bonds is 4. The van der Waals surface area contributed by atoms with Crippen LogP contribution in [0.5, 0.6) is 0 Å². The zero-order valence-corrected chi connectivity index (χ0v) is 8.35. The first-order valence-electron chi connectivity index (χ1n) is 4.70. The van der Waals surface area contributed by atoms with E-state index in [0.717, 1.165) is 5.56 Å². The van der Waals surface area contributed by atoms with Gasteiger partial charge in [0, 0.05) is 6.42 Å². The molecule has 0 fully saturated rings. The summed E-state index contributed by atoms with van der Waals surface area (Å²) in [7, 11) is 0. The molecule has 0 bridgehead atoms. The van der Waals surface area contributed by atoms with Crippen LogP contribution in [0.2, 0.25) is 0 Å². The Bertz CT molecular complexity index is 290. The lowest BCUT2D eigenvalue weighted by Gasteiger charge is -2.14. The van der Waals surface area contributed by atoms with Gasteiger partial charge in [-0.05, 0) is 18.1 Å². The summed E-state index contributed by atoms with van der Waals surface area (Å²) in [5.41, 5.74) is 1.51. The van der Waals surface area contributed by atoms with Crippen LogP contribution in [0.4, 0.5) is 0 Å². The summed E-state index contributed by atoms with van der Waals surface area (Å²) < 4.78 is 0. The molecule has 0 spiro atoms. The predicted molar refractivity (Wildman–Crippen MR) is 56.8 cm³/mol. The summed E-state index contributed by atoms with van der Waals surface area (Å²) in [6, 6.07) is 9.38. The largest absolute Gasteiger partial charge is 0.389 e. The number of aliphatic hydroxyl groups excluding tert-OH is 2. The molecule has 2 nitrogen and oxygen atoms in total. The molecular formula is C12H16O2. The van der Waals surface area contributed by atoms with Crippen LogP contribution in [0, 0.1) is 0 Å². The second kappa shape index (κ2) is 4.94. The maximum absolute atomic E-state index is 9.77. The quantitative estimate of drug-likeness (QED) is 0.717. The Kier molecular flexibility index (Phi) is 3.86. The predicted octanol–water partition coefficient (Wildman–Crippen LogP) is 2.05. The Morgan fingerprint density at radius 1 is 1.29 bits per heavy atom. The average Bonchev–Trinajstić information content (AvgIpc) is 2.19. The molecule has 14 heavy (non-hydrogen) atoms. The van der Waals surface area contributed by atoms with Crippen molar-refractivity contribution in [3.63, 3.8) is 0 Å². The van der Waals surface area contributed by atoms with Gasteiger partial charge in [-0.1, -0.05) is 36.9 Å². The van der Waals surface area contributed by atoms with Gasteiger partial charge in [-0.15, -0.1) is 0 Å². The molecule has 0 heterocycles. The molecule has 0 aliphatic rings. The lowest BCUT2D eigenvalue weighted by atomic mass is 10.00. The number of benzene rings is 1. The van der Waals surface area contributed by atoms with E-state index in [0.29, 0.717) is 12.0 Å². The molecule has 0 unspecified atom stereocenters. The highest BCUT2D eigenvalue weighted by Crippen LogP contribution is 2.21. The van der Waals surface area contributed by atoms with Gasteiger partial charge in [-0.2, -0.15) is 0 Å². The third-order valence-corrected chi connectivity index (χ3v) is 2.23. The molecule has 0 radical (unpaired) electrons. The molecule has 1 rings (SSSR count). The van der Waals surface area contributed by atoms with Gasteiger partial charge >= 0.3 is 0 Å². The van der Waals surface area contributed by atoms with Crippen molar-refractivity contribution >= 4 is 0 Å². The second-order valence-corrected chi connectivity index (χ2v) is 3.46. The van der Waals surface area contributed by atoms with Crippen molar-refractivity contribution in [2.24, 2.45) is 0 Å². The van der Waals surface area contributed by atoms with Crippen molar-refractivity contribution in [3.05, 3.63) is 48.0 Å². The molecule has 76 valence electrons. The highest BCUT2D eigenvalue weighted by atomic mass is 16.3. The standard InChI is InChI=1S/C12H16O2/c1-9(10(2)13)8-12(14)11-6-4-3-5-7-11/h3-7,10,12-14H,1,8H2,2H3/t10-,12-/m1/s1. The average molecular weight is 192 g/mol. The fourth-order valence-corrected chi connectivity index (χ4v) is 1.21. The van der Waals surface area contributed by atoms with E-state index in [1.165, 1.54) is 0 Å². The third kappa shape index (κ3) is 2.98. The van der Waals surface area contributed by atoms with Crippen LogP contribution in [-0.2, 0) is 0 Å². The topological polar surface area (TPSA) is 40.5 Å². The molecule has 0 aliphatic carbocycles. The van der Waals surface area contributed by atoms with Gasteiger partial charge in [-0.3, -0.25) is 0 Å². The molecule has 0 saturated heterocycles. The van der Waals surface area contributed by atoms with Gasteiger partial charge in [0.15, 0.2) is 0 Å². The first-order chi connectivity index (χ1) is 6.61. The third-order valence-electron chi connectivity index (χ3n) is 2.23. The van der Waals surface area contributed by atoms with Gasteiger partial charge in [0.1, 0.15) is 0 Å². The first kappa shape index (κ1) is 11.0. The number of hydrogen-bond acceptors (Lipinski definition) is 2. The summed E-state index contributed by atoms with van der Waals surface area (Å²) in [4.78, 5) is 0. The van der Waals surface area contributed by atoms with E-state index in [2.05, 4.69) is 6.58 Å². The Morgan fingerprint density at radius 3 is 2.36 bits per heavy atom. The number of hydrogen-bond donors (Lipinski definition) is 2. The molecule has 0 aliphatic heterocycles. The molecular weight excluding hydrogens is 176 g/mol. The summed E-state index contributed by atoms with van der Waals surface area (Å²) in [6.45, 7) is 5.36. The van der Waals surface area contributed by atoms with E-state index < -0.39 is 12.2 Å². The molecule has 0 aromatic heterocycles. The van der Waals surface area contributed by atoms with E-state index >= 15 is 0 Å². The summed E-state index contributed by atoms with van der Waals surface area (Å²) >= 11 is 0. The zero-order chi connectivity index (χ0) is 10.6. The summed E-state index contributed by atoms with van der Waals surface area (Å²) in [5.74, 6) is 0. The van der Waals surface area contributed by atoms with Crippen molar-refractivity contribution in [2.75, 3.05) is 0 Å².